The Morgan fingerprint density at radius 2 is 1.77 bits per heavy atom. The molecular weight excluding hydrogens is 272 g/mol. The minimum absolute atomic E-state index is 0.615. The molecule has 0 spiro atoms. The molecule has 1 aromatic carbocycles. The average Bonchev–Trinajstić information content (AvgIpc) is 2.51. The van der Waals surface area contributed by atoms with E-state index in [1.165, 1.54) is 43.6 Å². The Bertz CT molecular complexity index is 483. The van der Waals surface area contributed by atoms with E-state index >= 15 is 0 Å². The second kappa shape index (κ2) is 6.82. The first-order chi connectivity index (χ1) is 10.7. The highest BCUT2D eigenvalue weighted by molar-refractivity contribution is 5.48. The van der Waals surface area contributed by atoms with Crippen molar-refractivity contribution >= 4 is 6.41 Å². The average molecular weight is 300 g/mol. The molecule has 0 radical (unpaired) electrons. The van der Waals surface area contributed by atoms with Gasteiger partial charge in [-0.25, -0.2) is 0 Å². The number of carbonyl (C=O) groups excluding carboxylic acids is 1. The van der Waals surface area contributed by atoms with Crippen LogP contribution in [0.3, 0.4) is 0 Å². The molecule has 0 atom stereocenters. The number of hydrogen-bond acceptors (Lipinski definition) is 2. The summed E-state index contributed by atoms with van der Waals surface area (Å²) in [4.78, 5) is 15.1. The molecule has 2 heterocycles. The molecule has 2 saturated heterocycles. The molecular formula is C19H28N2O. The lowest BCUT2D eigenvalue weighted by Gasteiger charge is -2.41. The molecule has 22 heavy (non-hydrogen) atoms. The molecule has 2 aliphatic rings. The van der Waals surface area contributed by atoms with Crippen LogP contribution >= 0.6 is 0 Å². The molecule has 1 aromatic rings. The van der Waals surface area contributed by atoms with Crippen LogP contribution in [0.25, 0.3) is 0 Å². The lowest BCUT2D eigenvalue weighted by Crippen LogP contribution is -2.51. The summed E-state index contributed by atoms with van der Waals surface area (Å²) in [7, 11) is 0. The van der Waals surface area contributed by atoms with Crippen molar-refractivity contribution in [2.75, 3.05) is 32.7 Å². The van der Waals surface area contributed by atoms with Crippen molar-refractivity contribution in [3.63, 3.8) is 0 Å². The molecule has 2 aliphatic heterocycles. The molecule has 0 aliphatic carbocycles. The van der Waals surface area contributed by atoms with Crippen molar-refractivity contribution in [3.05, 3.63) is 35.4 Å². The Balaban J connectivity index is 1.46. The summed E-state index contributed by atoms with van der Waals surface area (Å²) >= 11 is 0. The first-order valence-corrected chi connectivity index (χ1v) is 8.67. The SMILES string of the molecule is CC(C)c1ccc(C2CCN(CC3CN(C=O)C3)CC2)cc1. The predicted octanol–water partition coefficient (Wildman–Crippen LogP) is 3.08. The van der Waals surface area contributed by atoms with Gasteiger partial charge >= 0.3 is 0 Å². The van der Waals surface area contributed by atoms with E-state index in [9.17, 15) is 4.79 Å². The number of likely N-dealkylation sites (tertiary alicyclic amines) is 2. The minimum Gasteiger partial charge on any atom is -0.344 e. The lowest BCUT2D eigenvalue weighted by atomic mass is 9.87. The highest BCUT2D eigenvalue weighted by Gasteiger charge is 2.29. The number of hydrogen-bond donors (Lipinski definition) is 0. The van der Waals surface area contributed by atoms with Gasteiger partial charge in [-0.2, -0.15) is 0 Å². The zero-order valence-corrected chi connectivity index (χ0v) is 13.9. The van der Waals surface area contributed by atoms with Crippen LogP contribution < -0.4 is 0 Å². The van der Waals surface area contributed by atoms with E-state index in [0.717, 1.165) is 25.4 Å². The summed E-state index contributed by atoms with van der Waals surface area (Å²) in [5.74, 6) is 2.04. The Morgan fingerprint density at radius 3 is 2.32 bits per heavy atom. The molecule has 2 fully saturated rings. The van der Waals surface area contributed by atoms with Crippen molar-refractivity contribution in [2.24, 2.45) is 5.92 Å². The maximum absolute atomic E-state index is 10.6. The van der Waals surface area contributed by atoms with Crippen molar-refractivity contribution in [2.45, 2.75) is 38.5 Å². The highest BCUT2D eigenvalue weighted by Crippen LogP contribution is 2.30. The molecule has 0 bridgehead atoms. The fraction of sp³-hybridized carbons (Fsp3) is 0.632. The molecule has 1 amide bonds. The van der Waals surface area contributed by atoms with Crippen molar-refractivity contribution < 1.29 is 4.79 Å². The second-order valence-electron chi connectivity index (χ2n) is 7.32. The van der Waals surface area contributed by atoms with Crippen LogP contribution in [0.1, 0.15) is 49.7 Å². The highest BCUT2D eigenvalue weighted by atomic mass is 16.1. The van der Waals surface area contributed by atoms with Gasteiger partial charge in [-0.3, -0.25) is 4.79 Å². The molecule has 3 heteroatoms. The second-order valence-corrected chi connectivity index (χ2v) is 7.32. The molecule has 0 N–H and O–H groups in total. The van der Waals surface area contributed by atoms with E-state index in [0.29, 0.717) is 11.8 Å². The quantitative estimate of drug-likeness (QED) is 0.780. The fourth-order valence-corrected chi connectivity index (χ4v) is 3.78. The van der Waals surface area contributed by atoms with Crippen LogP contribution in [-0.4, -0.2) is 48.9 Å². The van der Waals surface area contributed by atoms with Gasteiger partial charge in [-0.05, 0) is 48.9 Å². The number of amides is 1. The maximum Gasteiger partial charge on any atom is 0.209 e. The first-order valence-electron chi connectivity index (χ1n) is 8.67. The summed E-state index contributed by atoms with van der Waals surface area (Å²) in [6.45, 7) is 9.99. The van der Waals surface area contributed by atoms with Crippen LogP contribution in [0.4, 0.5) is 0 Å². The van der Waals surface area contributed by atoms with Crippen LogP contribution in [0.15, 0.2) is 24.3 Å². The van der Waals surface area contributed by atoms with Crippen LogP contribution in [0.2, 0.25) is 0 Å². The molecule has 0 aromatic heterocycles. The predicted molar refractivity (Wildman–Crippen MR) is 90.1 cm³/mol. The van der Waals surface area contributed by atoms with Gasteiger partial charge in [0.15, 0.2) is 0 Å². The number of carbonyl (C=O) groups is 1. The Hall–Kier alpha value is -1.35. The molecule has 0 unspecified atom stereocenters. The van der Waals surface area contributed by atoms with Crippen LogP contribution in [-0.2, 0) is 4.79 Å². The molecule has 120 valence electrons. The van der Waals surface area contributed by atoms with E-state index in [1.54, 1.807) is 0 Å². The number of benzene rings is 1. The third-order valence-electron chi connectivity index (χ3n) is 5.31. The van der Waals surface area contributed by atoms with Crippen molar-refractivity contribution in [1.82, 2.24) is 9.80 Å². The third-order valence-corrected chi connectivity index (χ3v) is 5.31. The van der Waals surface area contributed by atoms with Crippen LogP contribution in [0.5, 0.6) is 0 Å². The lowest BCUT2D eigenvalue weighted by molar-refractivity contribution is -0.124. The van der Waals surface area contributed by atoms with E-state index in [2.05, 4.69) is 43.0 Å². The number of piperidine rings is 1. The van der Waals surface area contributed by atoms with Crippen molar-refractivity contribution in [1.29, 1.82) is 0 Å². The minimum atomic E-state index is 0.615. The largest absolute Gasteiger partial charge is 0.344 e. The summed E-state index contributed by atoms with van der Waals surface area (Å²) in [6, 6.07) is 9.27. The molecule has 3 rings (SSSR count). The molecule has 0 saturated carbocycles. The third kappa shape index (κ3) is 3.52. The van der Waals surface area contributed by atoms with E-state index in [4.69, 9.17) is 0 Å². The summed E-state index contributed by atoms with van der Waals surface area (Å²) in [5.41, 5.74) is 2.95. The standard InChI is InChI=1S/C19H28N2O/c1-15(2)17-3-5-18(6-4-17)19-7-9-20(10-8-19)11-16-12-21(13-16)14-22/h3-6,14-16,19H,7-13H2,1-2H3. The number of nitrogens with zero attached hydrogens (tertiary/aromatic N) is 2. The summed E-state index contributed by atoms with van der Waals surface area (Å²) in [6.07, 6.45) is 3.51. The smallest absolute Gasteiger partial charge is 0.209 e. The first kappa shape index (κ1) is 15.5. The van der Waals surface area contributed by atoms with Gasteiger partial charge < -0.3 is 9.80 Å². The van der Waals surface area contributed by atoms with Gasteiger partial charge in [0, 0.05) is 25.6 Å². The zero-order valence-electron chi connectivity index (χ0n) is 13.9. The van der Waals surface area contributed by atoms with Crippen LogP contribution in [0, 0.1) is 5.92 Å². The van der Waals surface area contributed by atoms with Crippen molar-refractivity contribution in [3.8, 4) is 0 Å². The van der Waals surface area contributed by atoms with Gasteiger partial charge in [0.1, 0.15) is 0 Å². The van der Waals surface area contributed by atoms with Gasteiger partial charge in [0.2, 0.25) is 6.41 Å². The van der Waals surface area contributed by atoms with Gasteiger partial charge in [-0.1, -0.05) is 38.1 Å². The van der Waals surface area contributed by atoms with Gasteiger partial charge in [0.05, 0.1) is 0 Å². The summed E-state index contributed by atoms with van der Waals surface area (Å²) < 4.78 is 0. The van der Waals surface area contributed by atoms with Gasteiger partial charge in [-0.15, -0.1) is 0 Å². The summed E-state index contributed by atoms with van der Waals surface area (Å²) in [5, 5.41) is 0. The van der Waals surface area contributed by atoms with E-state index in [-0.39, 0.29) is 0 Å². The van der Waals surface area contributed by atoms with E-state index in [1.807, 2.05) is 4.90 Å². The topological polar surface area (TPSA) is 23.6 Å². The number of rotatable bonds is 5. The maximum atomic E-state index is 10.6. The fourth-order valence-electron chi connectivity index (χ4n) is 3.78. The van der Waals surface area contributed by atoms with Gasteiger partial charge in [0.25, 0.3) is 0 Å². The molecule has 3 nitrogen and oxygen atoms in total. The Labute approximate surface area is 134 Å². The van der Waals surface area contributed by atoms with E-state index < -0.39 is 0 Å². The normalized spacial score (nSPS) is 21.1. The Morgan fingerprint density at radius 1 is 1.14 bits per heavy atom. The Kier molecular flexibility index (Phi) is 4.82. The zero-order chi connectivity index (χ0) is 15.5. The monoisotopic (exact) mass is 300 g/mol.